The fraction of sp³-hybridized carbons (Fsp3) is 0.100. The van der Waals surface area contributed by atoms with Crippen LogP contribution in [-0.4, -0.2) is 8.42 Å². The Morgan fingerprint density at radius 2 is 1.60 bits per heavy atom. The Morgan fingerprint density at radius 3 is 2.28 bits per heavy atom. The fourth-order valence-corrected chi connectivity index (χ4v) is 3.52. The lowest BCUT2D eigenvalue weighted by atomic mass is 10.2. The van der Waals surface area contributed by atoms with Gasteiger partial charge in [0.15, 0.2) is 0 Å². The molecular formula is C20H19NO3S. The summed E-state index contributed by atoms with van der Waals surface area (Å²) in [6.07, 6.45) is 0. The maximum atomic E-state index is 12.4. The van der Waals surface area contributed by atoms with Crippen LogP contribution in [-0.2, 0) is 16.6 Å². The molecule has 0 aliphatic heterocycles. The zero-order valence-corrected chi connectivity index (χ0v) is 14.7. The molecule has 1 N–H and O–H groups in total. The van der Waals surface area contributed by atoms with E-state index in [0.29, 0.717) is 18.0 Å². The van der Waals surface area contributed by atoms with E-state index in [1.54, 1.807) is 42.5 Å². The molecule has 0 unspecified atom stereocenters. The van der Waals surface area contributed by atoms with Gasteiger partial charge in [0.2, 0.25) is 0 Å². The highest BCUT2D eigenvalue weighted by molar-refractivity contribution is 7.92. The minimum atomic E-state index is -3.59. The Bertz CT molecular complexity index is 936. The maximum absolute atomic E-state index is 12.4. The molecule has 0 amide bonds. The number of nitrogens with one attached hydrogen (secondary N) is 1. The quantitative estimate of drug-likeness (QED) is 0.716. The highest BCUT2D eigenvalue weighted by atomic mass is 32.2. The fourth-order valence-electron chi connectivity index (χ4n) is 2.36. The van der Waals surface area contributed by atoms with Gasteiger partial charge in [-0.2, -0.15) is 0 Å². The molecule has 0 radical (unpaired) electrons. The molecule has 0 aromatic heterocycles. The molecule has 3 rings (SSSR count). The van der Waals surface area contributed by atoms with Crippen LogP contribution in [0.1, 0.15) is 11.1 Å². The number of aryl methyl sites for hydroxylation is 1. The maximum Gasteiger partial charge on any atom is 0.261 e. The number of benzene rings is 3. The zero-order chi connectivity index (χ0) is 17.7. The summed E-state index contributed by atoms with van der Waals surface area (Å²) in [5.74, 6) is 0.683. The summed E-state index contributed by atoms with van der Waals surface area (Å²) >= 11 is 0. The van der Waals surface area contributed by atoms with Crippen LogP contribution in [0, 0.1) is 6.92 Å². The van der Waals surface area contributed by atoms with E-state index in [4.69, 9.17) is 4.74 Å². The van der Waals surface area contributed by atoms with Gasteiger partial charge in [-0.05, 0) is 54.4 Å². The first-order valence-corrected chi connectivity index (χ1v) is 9.37. The second-order valence-electron chi connectivity index (χ2n) is 5.72. The van der Waals surface area contributed by atoms with E-state index >= 15 is 0 Å². The summed E-state index contributed by atoms with van der Waals surface area (Å²) in [6.45, 7) is 2.33. The van der Waals surface area contributed by atoms with Crippen molar-refractivity contribution in [2.45, 2.75) is 18.4 Å². The van der Waals surface area contributed by atoms with Crippen molar-refractivity contribution in [3.05, 3.63) is 90.0 Å². The van der Waals surface area contributed by atoms with Crippen molar-refractivity contribution in [1.29, 1.82) is 0 Å². The Morgan fingerprint density at radius 1 is 0.880 bits per heavy atom. The van der Waals surface area contributed by atoms with Crippen molar-refractivity contribution in [3.8, 4) is 5.75 Å². The van der Waals surface area contributed by atoms with Gasteiger partial charge in [-0.1, -0.05) is 42.5 Å². The van der Waals surface area contributed by atoms with Gasteiger partial charge in [0.1, 0.15) is 12.4 Å². The number of ether oxygens (including phenoxy) is 1. The van der Waals surface area contributed by atoms with Gasteiger partial charge in [-0.25, -0.2) is 8.42 Å². The van der Waals surface area contributed by atoms with Gasteiger partial charge in [0.25, 0.3) is 10.0 Å². The third-order valence-corrected chi connectivity index (χ3v) is 5.03. The third-order valence-electron chi connectivity index (χ3n) is 3.65. The summed E-state index contributed by atoms with van der Waals surface area (Å²) in [4.78, 5) is 0.247. The molecule has 0 aliphatic carbocycles. The molecule has 0 heterocycles. The SMILES string of the molecule is Cc1cccc(S(=O)(=O)Nc2ccc(OCc3ccccc3)cc2)c1. The summed E-state index contributed by atoms with van der Waals surface area (Å²) in [6, 6.07) is 23.5. The van der Waals surface area contributed by atoms with Crippen LogP contribution in [0.2, 0.25) is 0 Å². The predicted octanol–water partition coefficient (Wildman–Crippen LogP) is 4.37. The van der Waals surface area contributed by atoms with Gasteiger partial charge < -0.3 is 4.74 Å². The largest absolute Gasteiger partial charge is 0.489 e. The number of sulfonamides is 1. The molecule has 0 atom stereocenters. The highest BCUT2D eigenvalue weighted by Crippen LogP contribution is 2.20. The van der Waals surface area contributed by atoms with Crippen LogP contribution in [0.5, 0.6) is 5.75 Å². The molecule has 0 fully saturated rings. The minimum Gasteiger partial charge on any atom is -0.489 e. The van der Waals surface area contributed by atoms with Crippen LogP contribution in [0.25, 0.3) is 0 Å². The van der Waals surface area contributed by atoms with Crippen LogP contribution in [0.4, 0.5) is 5.69 Å². The molecule has 0 saturated carbocycles. The van der Waals surface area contributed by atoms with E-state index in [1.165, 1.54) is 0 Å². The molecule has 0 aliphatic rings. The van der Waals surface area contributed by atoms with E-state index in [0.717, 1.165) is 11.1 Å². The Hall–Kier alpha value is -2.79. The average Bonchev–Trinajstić information content (AvgIpc) is 2.62. The smallest absolute Gasteiger partial charge is 0.261 e. The minimum absolute atomic E-state index is 0.247. The topological polar surface area (TPSA) is 55.4 Å². The van der Waals surface area contributed by atoms with E-state index in [9.17, 15) is 8.42 Å². The molecule has 0 bridgehead atoms. The van der Waals surface area contributed by atoms with Gasteiger partial charge >= 0.3 is 0 Å². The number of rotatable bonds is 6. The normalized spacial score (nSPS) is 11.1. The van der Waals surface area contributed by atoms with Gasteiger partial charge in [0.05, 0.1) is 4.90 Å². The zero-order valence-electron chi connectivity index (χ0n) is 13.8. The van der Waals surface area contributed by atoms with Crippen LogP contribution in [0.15, 0.2) is 83.8 Å². The monoisotopic (exact) mass is 353 g/mol. The molecule has 3 aromatic carbocycles. The van der Waals surface area contributed by atoms with E-state index < -0.39 is 10.0 Å². The Kier molecular flexibility index (Phi) is 5.05. The van der Waals surface area contributed by atoms with Crippen LogP contribution < -0.4 is 9.46 Å². The Labute approximate surface area is 148 Å². The molecule has 25 heavy (non-hydrogen) atoms. The average molecular weight is 353 g/mol. The van der Waals surface area contributed by atoms with Gasteiger partial charge in [0, 0.05) is 5.69 Å². The molecule has 3 aromatic rings. The lowest BCUT2D eigenvalue weighted by Gasteiger charge is -2.10. The van der Waals surface area contributed by atoms with E-state index in [-0.39, 0.29) is 4.90 Å². The van der Waals surface area contributed by atoms with Crippen LogP contribution >= 0.6 is 0 Å². The molecule has 5 heteroatoms. The van der Waals surface area contributed by atoms with Crippen molar-refractivity contribution in [2.24, 2.45) is 0 Å². The lowest BCUT2D eigenvalue weighted by Crippen LogP contribution is -2.12. The van der Waals surface area contributed by atoms with Crippen molar-refractivity contribution >= 4 is 15.7 Å². The molecule has 4 nitrogen and oxygen atoms in total. The summed E-state index contributed by atoms with van der Waals surface area (Å²) in [7, 11) is -3.59. The van der Waals surface area contributed by atoms with Gasteiger partial charge in [-0.3, -0.25) is 4.72 Å². The first-order valence-electron chi connectivity index (χ1n) is 7.89. The van der Waals surface area contributed by atoms with E-state index in [2.05, 4.69) is 4.72 Å². The summed E-state index contributed by atoms with van der Waals surface area (Å²) in [5, 5.41) is 0. The second kappa shape index (κ2) is 7.40. The molecule has 0 saturated heterocycles. The van der Waals surface area contributed by atoms with Crippen molar-refractivity contribution in [1.82, 2.24) is 0 Å². The Balaban J connectivity index is 1.66. The number of hydrogen-bond donors (Lipinski definition) is 1. The third kappa shape index (κ3) is 4.61. The molecule has 0 spiro atoms. The predicted molar refractivity (Wildman–Crippen MR) is 99.2 cm³/mol. The molecular weight excluding hydrogens is 334 g/mol. The summed E-state index contributed by atoms with van der Waals surface area (Å²) in [5.41, 5.74) is 2.47. The second-order valence-corrected chi connectivity index (χ2v) is 7.40. The first-order chi connectivity index (χ1) is 12.0. The first kappa shape index (κ1) is 17.0. The van der Waals surface area contributed by atoms with Crippen molar-refractivity contribution in [2.75, 3.05) is 4.72 Å². The van der Waals surface area contributed by atoms with Crippen LogP contribution in [0.3, 0.4) is 0 Å². The highest BCUT2D eigenvalue weighted by Gasteiger charge is 2.14. The van der Waals surface area contributed by atoms with E-state index in [1.807, 2.05) is 43.3 Å². The van der Waals surface area contributed by atoms with Crippen molar-refractivity contribution < 1.29 is 13.2 Å². The number of anilines is 1. The van der Waals surface area contributed by atoms with Gasteiger partial charge in [-0.15, -0.1) is 0 Å². The number of hydrogen-bond acceptors (Lipinski definition) is 3. The molecule has 128 valence electrons. The lowest BCUT2D eigenvalue weighted by molar-refractivity contribution is 0.306. The standard InChI is InChI=1S/C20H19NO3S/c1-16-6-5-9-20(14-16)25(22,23)21-18-10-12-19(13-11-18)24-15-17-7-3-2-4-8-17/h2-14,21H,15H2,1H3. The summed E-state index contributed by atoms with van der Waals surface area (Å²) < 4.78 is 33.1. The van der Waals surface area contributed by atoms with Crippen molar-refractivity contribution in [3.63, 3.8) is 0 Å².